The minimum absolute atomic E-state index is 0.0266. The summed E-state index contributed by atoms with van der Waals surface area (Å²) in [4.78, 5) is 26.5. The highest BCUT2D eigenvalue weighted by Gasteiger charge is 2.57. The number of benzene rings is 1. The maximum Gasteiger partial charge on any atom is 0.227 e. The number of amides is 2. The van der Waals surface area contributed by atoms with Crippen LogP contribution in [0.4, 0.5) is 0 Å². The summed E-state index contributed by atoms with van der Waals surface area (Å²) in [7, 11) is 0. The molecule has 0 spiro atoms. The van der Waals surface area contributed by atoms with Crippen LogP contribution < -0.4 is 5.32 Å². The average Bonchev–Trinajstić information content (AvgIpc) is 3.17. The van der Waals surface area contributed by atoms with Crippen LogP contribution in [0.5, 0.6) is 0 Å². The second-order valence-corrected chi connectivity index (χ2v) is 7.84. The Kier molecular flexibility index (Phi) is 6.00. The molecule has 0 aromatic heterocycles. The van der Waals surface area contributed by atoms with E-state index < -0.39 is 0 Å². The van der Waals surface area contributed by atoms with Crippen LogP contribution in [0.15, 0.2) is 24.3 Å². The van der Waals surface area contributed by atoms with Gasteiger partial charge in [-0.15, -0.1) is 0 Å². The highest BCUT2D eigenvalue weighted by atomic mass is 16.2. The summed E-state index contributed by atoms with van der Waals surface area (Å²) in [6.07, 6.45) is 3.36. The van der Waals surface area contributed by atoms with Crippen LogP contribution in [-0.4, -0.2) is 36.3 Å². The molecule has 4 heteroatoms. The Morgan fingerprint density at radius 3 is 2.31 bits per heavy atom. The van der Waals surface area contributed by atoms with Gasteiger partial charge in [-0.3, -0.25) is 9.59 Å². The maximum absolute atomic E-state index is 12.9. The molecule has 1 aliphatic heterocycles. The normalized spacial score (nSPS) is 24.9. The SMILES string of the molecule is CCC[C@H](CNC(=O)CC)C(=O)N1C[C@@H]2[C@H](C1)[C@H]2c1ccc(CC)cc1. The van der Waals surface area contributed by atoms with Gasteiger partial charge in [0.05, 0.1) is 5.92 Å². The number of nitrogens with one attached hydrogen (secondary N) is 1. The van der Waals surface area contributed by atoms with E-state index in [1.807, 2.05) is 11.8 Å². The Bertz CT molecular complexity index is 628. The summed E-state index contributed by atoms with van der Waals surface area (Å²) in [6, 6.07) is 9.02. The summed E-state index contributed by atoms with van der Waals surface area (Å²) in [5.41, 5.74) is 2.82. The number of rotatable bonds is 8. The Hall–Kier alpha value is -1.84. The lowest BCUT2D eigenvalue weighted by molar-refractivity contribution is -0.135. The van der Waals surface area contributed by atoms with Crippen molar-refractivity contribution in [1.82, 2.24) is 10.2 Å². The minimum atomic E-state index is -0.0738. The third-order valence-electron chi connectivity index (χ3n) is 6.13. The van der Waals surface area contributed by atoms with E-state index in [4.69, 9.17) is 0 Å². The van der Waals surface area contributed by atoms with E-state index in [0.717, 1.165) is 32.4 Å². The van der Waals surface area contributed by atoms with E-state index >= 15 is 0 Å². The van der Waals surface area contributed by atoms with Gasteiger partial charge in [0.15, 0.2) is 0 Å². The number of aryl methyl sites for hydroxylation is 1. The van der Waals surface area contributed by atoms with Gasteiger partial charge in [0.25, 0.3) is 0 Å². The first kappa shape index (κ1) is 18.9. The van der Waals surface area contributed by atoms with Crippen LogP contribution in [-0.2, 0) is 16.0 Å². The van der Waals surface area contributed by atoms with E-state index in [1.54, 1.807) is 0 Å². The highest BCUT2D eigenvalue weighted by Crippen LogP contribution is 2.58. The summed E-state index contributed by atoms with van der Waals surface area (Å²) in [5, 5.41) is 2.90. The van der Waals surface area contributed by atoms with Gasteiger partial charge >= 0.3 is 0 Å². The fourth-order valence-electron chi connectivity index (χ4n) is 4.46. The molecule has 0 unspecified atom stereocenters. The molecule has 3 rings (SSSR count). The predicted molar refractivity (Wildman–Crippen MR) is 104 cm³/mol. The molecule has 2 aliphatic rings. The maximum atomic E-state index is 12.9. The minimum Gasteiger partial charge on any atom is -0.355 e. The van der Waals surface area contributed by atoms with Gasteiger partial charge < -0.3 is 10.2 Å². The fraction of sp³-hybridized carbons (Fsp3) is 0.636. The largest absolute Gasteiger partial charge is 0.355 e. The zero-order chi connectivity index (χ0) is 18.7. The van der Waals surface area contributed by atoms with Crippen molar-refractivity contribution in [2.45, 2.75) is 52.4 Å². The van der Waals surface area contributed by atoms with Crippen LogP contribution in [0.25, 0.3) is 0 Å². The Balaban J connectivity index is 1.54. The van der Waals surface area contributed by atoms with Crippen molar-refractivity contribution < 1.29 is 9.59 Å². The van der Waals surface area contributed by atoms with Gasteiger partial charge in [-0.05, 0) is 41.7 Å². The molecule has 1 aliphatic carbocycles. The Morgan fingerprint density at radius 1 is 1.12 bits per heavy atom. The van der Waals surface area contributed by atoms with Gasteiger partial charge in [0.2, 0.25) is 11.8 Å². The fourth-order valence-corrected chi connectivity index (χ4v) is 4.46. The number of carbonyl (C=O) groups is 2. The first-order chi connectivity index (χ1) is 12.6. The van der Waals surface area contributed by atoms with Crippen molar-refractivity contribution in [3.63, 3.8) is 0 Å². The van der Waals surface area contributed by atoms with Crippen LogP contribution in [0.3, 0.4) is 0 Å². The summed E-state index contributed by atoms with van der Waals surface area (Å²) in [5.74, 6) is 2.07. The molecule has 1 aromatic carbocycles. The lowest BCUT2D eigenvalue weighted by atomic mass is 10.0. The molecule has 2 fully saturated rings. The molecule has 4 nitrogen and oxygen atoms in total. The summed E-state index contributed by atoms with van der Waals surface area (Å²) >= 11 is 0. The van der Waals surface area contributed by atoms with Crippen LogP contribution in [0.2, 0.25) is 0 Å². The number of nitrogens with zero attached hydrogens (tertiary/aromatic N) is 1. The predicted octanol–water partition coefficient (Wildman–Crippen LogP) is 3.36. The number of hydrogen-bond donors (Lipinski definition) is 1. The van der Waals surface area contributed by atoms with E-state index in [1.165, 1.54) is 11.1 Å². The van der Waals surface area contributed by atoms with E-state index in [-0.39, 0.29) is 17.7 Å². The number of piperidine rings is 1. The zero-order valence-electron chi connectivity index (χ0n) is 16.3. The van der Waals surface area contributed by atoms with Crippen molar-refractivity contribution in [3.8, 4) is 0 Å². The molecule has 0 radical (unpaired) electrons. The van der Waals surface area contributed by atoms with E-state index in [9.17, 15) is 9.59 Å². The van der Waals surface area contributed by atoms with Crippen molar-refractivity contribution in [3.05, 3.63) is 35.4 Å². The van der Waals surface area contributed by atoms with Crippen molar-refractivity contribution in [1.29, 1.82) is 0 Å². The standard InChI is InChI=1S/C22H32N2O2/c1-4-7-17(12-23-20(25)6-3)22(26)24-13-18-19(14-24)21(18)16-10-8-15(5-2)9-11-16/h8-11,17-19,21H,4-7,12-14H2,1-3H3,(H,23,25)/t17-,18-,19+,21+/m1/s1. The smallest absolute Gasteiger partial charge is 0.227 e. The average molecular weight is 357 g/mol. The quantitative estimate of drug-likeness (QED) is 0.776. The van der Waals surface area contributed by atoms with Gasteiger partial charge in [-0.2, -0.15) is 0 Å². The Morgan fingerprint density at radius 2 is 1.77 bits per heavy atom. The van der Waals surface area contributed by atoms with E-state index in [2.05, 4.69) is 43.4 Å². The summed E-state index contributed by atoms with van der Waals surface area (Å²) < 4.78 is 0. The second kappa shape index (κ2) is 8.24. The van der Waals surface area contributed by atoms with Gasteiger partial charge in [0, 0.05) is 26.1 Å². The van der Waals surface area contributed by atoms with Gasteiger partial charge in [-0.1, -0.05) is 51.5 Å². The number of fused-ring (bicyclic) bond motifs is 1. The van der Waals surface area contributed by atoms with Gasteiger partial charge in [-0.25, -0.2) is 0 Å². The first-order valence-electron chi connectivity index (χ1n) is 10.2. The van der Waals surface area contributed by atoms with Crippen molar-refractivity contribution in [2.24, 2.45) is 17.8 Å². The number of hydrogen-bond acceptors (Lipinski definition) is 2. The van der Waals surface area contributed by atoms with Crippen LogP contribution in [0.1, 0.15) is 57.1 Å². The lowest BCUT2D eigenvalue weighted by Crippen LogP contribution is -2.41. The molecule has 1 N–H and O–H groups in total. The summed E-state index contributed by atoms with van der Waals surface area (Å²) in [6.45, 7) is 8.36. The Labute approximate surface area is 157 Å². The third kappa shape index (κ3) is 3.94. The molecule has 1 saturated carbocycles. The second-order valence-electron chi connectivity index (χ2n) is 7.84. The van der Waals surface area contributed by atoms with Crippen molar-refractivity contribution >= 4 is 11.8 Å². The van der Waals surface area contributed by atoms with E-state index in [0.29, 0.717) is 30.7 Å². The van der Waals surface area contributed by atoms with Crippen molar-refractivity contribution in [2.75, 3.05) is 19.6 Å². The van der Waals surface area contributed by atoms with Crippen LogP contribution >= 0.6 is 0 Å². The monoisotopic (exact) mass is 356 g/mol. The number of carbonyl (C=O) groups excluding carboxylic acids is 2. The highest BCUT2D eigenvalue weighted by molar-refractivity contribution is 5.81. The lowest BCUT2D eigenvalue weighted by Gasteiger charge is -2.26. The molecule has 4 atom stereocenters. The molecular formula is C22H32N2O2. The zero-order valence-corrected chi connectivity index (χ0v) is 16.3. The first-order valence-corrected chi connectivity index (χ1v) is 10.2. The molecular weight excluding hydrogens is 324 g/mol. The van der Waals surface area contributed by atoms with Crippen LogP contribution in [0, 0.1) is 17.8 Å². The molecule has 1 aromatic rings. The molecule has 2 amide bonds. The topological polar surface area (TPSA) is 49.4 Å². The molecule has 26 heavy (non-hydrogen) atoms. The third-order valence-corrected chi connectivity index (χ3v) is 6.13. The molecule has 1 heterocycles. The molecule has 142 valence electrons. The molecule has 1 saturated heterocycles. The molecule has 0 bridgehead atoms. The van der Waals surface area contributed by atoms with Gasteiger partial charge in [0.1, 0.15) is 0 Å². The number of likely N-dealkylation sites (tertiary alicyclic amines) is 1.